The molecule has 0 unspecified atom stereocenters. The van der Waals surface area contributed by atoms with Crippen LogP contribution >= 0.6 is 0 Å². The first kappa shape index (κ1) is 14.9. The first-order valence-electron chi connectivity index (χ1n) is 6.71. The summed E-state index contributed by atoms with van der Waals surface area (Å²) in [5, 5.41) is 8.93. The van der Waals surface area contributed by atoms with Gasteiger partial charge in [0.15, 0.2) is 0 Å². The number of aliphatic hydroxyl groups excluding tert-OH is 1. The smallest absolute Gasteiger partial charge is 0.0892 e. The molecule has 1 saturated heterocycles. The van der Waals surface area contributed by atoms with E-state index in [2.05, 4.69) is 39.6 Å². The highest BCUT2D eigenvalue weighted by molar-refractivity contribution is 6.76. The third-order valence-corrected chi connectivity index (χ3v) is 4.73. The van der Waals surface area contributed by atoms with Crippen LogP contribution in [0.3, 0.4) is 0 Å². The van der Waals surface area contributed by atoms with Crippen LogP contribution < -0.4 is 0 Å². The van der Waals surface area contributed by atoms with Crippen molar-refractivity contribution >= 4 is 8.07 Å². The van der Waals surface area contributed by atoms with Gasteiger partial charge in [-0.2, -0.15) is 0 Å². The fraction of sp³-hybridized carbons (Fsp3) is 0.857. The summed E-state index contributed by atoms with van der Waals surface area (Å²) in [5.74, 6) is 0. The maximum atomic E-state index is 8.93. The van der Waals surface area contributed by atoms with E-state index in [1.807, 2.05) is 0 Å². The Hall–Kier alpha value is -0.123. The molecule has 0 aromatic heterocycles. The average molecular weight is 256 g/mol. The lowest BCUT2D eigenvalue weighted by Gasteiger charge is -2.18. The molecule has 0 aliphatic carbocycles. The van der Waals surface area contributed by atoms with Crippen molar-refractivity contribution in [1.82, 2.24) is 0 Å². The molecule has 17 heavy (non-hydrogen) atoms. The third kappa shape index (κ3) is 5.84. The fourth-order valence-corrected chi connectivity index (χ4v) is 3.95. The first-order chi connectivity index (χ1) is 7.74. The summed E-state index contributed by atoms with van der Waals surface area (Å²) in [7, 11) is -1.05. The van der Waals surface area contributed by atoms with Crippen LogP contribution in [0.4, 0.5) is 0 Å². The maximum absolute atomic E-state index is 8.93. The van der Waals surface area contributed by atoms with Crippen molar-refractivity contribution in [3.63, 3.8) is 0 Å². The molecule has 0 spiro atoms. The molecule has 0 radical (unpaired) electrons. The van der Waals surface area contributed by atoms with E-state index in [1.165, 1.54) is 11.6 Å². The summed E-state index contributed by atoms with van der Waals surface area (Å²) >= 11 is 0. The van der Waals surface area contributed by atoms with Crippen LogP contribution in [0.25, 0.3) is 0 Å². The van der Waals surface area contributed by atoms with E-state index < -0.39 is 8.07 Å². The molecule has 0 bridgehead atoms. The molecule has 1 aliphatic heterocycles. The molecular weight excluding hydrogens is 228 g/mol. The van der Waals surface area contributed by atoms with Crippen LogP contribution in [-0.2, 0) is 4.74 Å². The van der Waals surface area contributed by atoms with Crippen molar-refractivity contribution in [2.24, 2.45) is 0 Å². The SMILES string of the molecule is CC1(C)O[C@@H]1CC/C(=C/CCO)C[Si](C)(C)C. The van der Waals surface area contributed by atoms with E-state index in [0.717, 1.165) is 19.3 Å². The van der Waals surface area contributed by atoms with Crippen LogP contribution in [-0.4, -0.2) is 31.5 Å². The molecule has 1 atom stereocenters. The van der Waals surface area contributed by atoms with E-state index in [9.17, 15) is 0 Å². The lowest BCUT2D eigenvalue weighted by atomic mass is 10.0. The Balaban J connectivity index is 2.41. The Kier molecular flexibility index (Phi) is 4.99. The zero-order valence-electron chi connectivity index (χ0n) is 12.0. The predicted octanol–water partition coefficient (Wildman–Crippen LogP) is 3.59. The Morgan fingerprint density at radius 2 is 1.94 bits per heavy atom. The van der Waals surface area contributed by atoms with Gasteiger partial charge >= 0.3 is 0 Å². The van der Waals surface area contributed by atoms with E-state index in [1.54, 1.807) is 0 Å². The molecule has 1 rings (SSSR count). The third-order valence-electron chi connectivity index (χ3n) is 3.21. The standard InChI is InChI=1S/C14H28O2Si/c1-14(2)13(16-14)9-8-12(7-6-10-15)11-17(3,4)5/h7,13,15H,6,8-11H2,1-5H3/b12-7-/t13-/m1/s1. The van der Waals surface area contributed by atoms with Gasteiger partial charge < -0.3 is 9.84 Å². The molecule has 1 heterocycles. The van der Waals surface area contributed by atoms with E-state index in [0.29, 0.717) is 6.10 Å². The van der Waals surface area contributed by atoms with Gasteiger partial charge in [0.05, 0.1) is 11.7 Å². The Labute approximate surface area is 107 Å². The molecule has 1 aliphatic rings. The zero-order chi connectivity index (χ0) is 13.1. The summed E-state index contributed by atoms with van der Waals surface area (Å²) in [6, 6.07) is 1.25. The molecule has 0 aromatic carbocycles. The van der Waals surface area contributed by atoms with E-state index in [4.69, 9.17) is 9.84 Å². The van der Waals surface area contributed by atoms with Crippen LogP contribution in [0.15, 0.2) is 11.6 Å². The highest BCUT2D eigenvalue weighted by Crippen LogP contribution is 2.39. The average Bonchev–Trinajstić information content (AvgIpc) is 2.77. The normalized spacial score (nSPS) is 23.9. The second-order valence-corrected chi connectivity index (χ2v) is 12.3. The van der Waals surface area contributed by atoms with Crippen LogP contribution in [0.5, 0.6) is 0 Å². The number of rotatable bonds is 7. The van der Waals surface area contributed by atoms with Gasteiger partial charge in [-0.3, -0.25) is 0 Å². The second-order valence-electron chi connectivity index (χ2n) is 6.86. The molecule has 2 nitrogen and oxygen atoms in total. The van der Waals surface area contributed by atoms with Crippen molar-refractivity contribution < 1.29 is 9.84 Å². The van der Waals surface area contributed by atoms with Crippen molar-refractivity contribution in [2.75, 3.05) is 6.61 Å². The van der Waals surface area contributed by atoms with Crippen LogP contribution in [0.2, 0.25) is 25.7 Å². The number of epoxide rings is 1. The monoisotopic (exact) mass is 256 g/mol. The number of hydrogen-bond acceptors (Lipinski definition) is 2. The Bertz CT molecular complexity index is 276. The number of ether oxygens (including phenoxy) is 1. The summed E-state index contributed by atoms with van der Waals surface area (Å²) in [5.41, 5.74) is 1.64. The molecular formula is C14H28O2Si. The largest absolute Gasteiger partial charge is 0.396 e. The van der Waals surface area contributed by atoms with Crippen LogP contribution in [0.1, 0.15) is 33.1 Å². The summed E-state index contributed by atoms with van der Waals surface area (Å²) in [4.78, 5) is 0. The number of hydrogen-bond donors (Lipinski definition) is 1. The topological polar surface area (TPSA) is 32.8 Å². The first-order valence-corrected chi connectivity index (χ1v) is 10.4. The summed E-state index contributed by atoms with van der Waals surface area (Å²) in [6.45, 7) is 11.8. The Morgan fingerprint density at radius 3 is 2.35 bits per heavy atom. The second kappa shape index (κ2) is 5.68. The highest BCUT2D eigenvalue weighted by Gasteiger charge is 2.46. The van der Waals surface area contributed by atoms with E-state index in [-0.39, 0.29) is 12.2 Å². The molecule has 0 saturated carbocycles. The molecule has 3 heteroatoms. The summed E-state index contributed by atoms with van der Waals surface area (Å²) in [6.07, 6.45) is 5.76. The zero-order valence-corrected chi connectivity index (χ0v) is 13.0. The predicted molar refractivity (Wildman–Crippen MR) is 76.1 cm³/mol. The van der Waals surface area contributed by atoms with Crippen molar-refractivity contribution in [2.45, 2.75) is 70.5 Å². The van der Waals surface area contributed by atoms with Gasteiger partial charge in [-0.15, -0.1) is 0 Å². The summed E-state index contributed by atoms with van der Waals surface area (Å²) < 4.78 is 5.62. The minimum Gasteiger partial charge on any atom is -0.396 e. The number of allylic oxidation sites excluding steroid dienone is 1. The Morgan fingerprint density at radius 1 is 1.35 bits per heavy atom. The number of aliphatic hydroxyl groups is 1. The van der Waals surface area contributed by atoms with Gasteiger partial charge in [-0.05, 0) is 39.2 Å². The molecule has 1 N–H and O–H groups in total. The lowest BCUT2D eigenvalue weighted by Crippen LogP contribution is -2.20. The lowest BCUT2D eigenvalue weighted by molar-refractivity contribution is 0.302. The van der Waals surface area contributed by atoms with Gasteiger partial charge in [0.2, 0.25) is 0 Å². The molecule has 1 fully saturated rings. The molecule has 0 amide bonds. The quantitative estimate of drug-likeness (QED) is 0.429. The van der Waals surface area contributed by atoms with Crippen molar-refractivity contribution in [3.05, 3.63) is 11.6 Å². The minimum atomic E-state index is -1.05. The van der Waals surface area contributed by atoms with Crippen LogP contribution in [0, 0.1) is 0 Å². The minimum absolute atomic E-state index is 0.112. The fourth-order valence-electron chi connectivity index (χ4n) is 2.27. The van der Waals surface area contributed by atoms with Gasteiger partial charge in [-0.1, -0.05) is 31.3 Å². The van der Waals surface area contributed by atoms with Gasteiger partial charge in [0, 0.05) is 14.7 Å². The van der Waals surface area contributed by atoms with Gasteiger partial charge in [0.1, 0.15) is 0 Å². The maximum Gasteiger partial charge on any atom is 0.0892 e. The van der Waals surface area contributed by atoms with Crippen molar-refractivity contribution in [1.29, 1.82) is 0 Å². The van der Waals surface area contributed by atoms with Gasteiger partial charge in [0.25, 0.3) is 0 Å². The highest BCUT2D eigenvalue weighted by atomic mass is 28.3. The van der Waals surface area contributed by atoms with Gasteiger partial charge in [-0.25, -0.2) is 0 Å². The van der Waals surface area contributed by atoms with Crippen molar-refractivity contribution in [3.8, 4) is 0 Å². The molecule has 100 valence electrons. The molecule has 0 aromatic rings. The van der Waals surface area contributed by atoms with E-state index >= 15 is 0 Å².